The van der Waals surface area contributed by atoms with Gasteiger partial charge < -0.3 is 0 Å². The molecule has 2 unspecified atom stereocenters. The Morgan fingerprint density at radius 3 is 2.64 bits per heavy atom. The molecule has 2 aliphatic carbocycles. The van der Waals surface area contributed by atoms with Crippen molar-refractivity contribution in [2.75, 3.05) is 6.26 Å². The van der Waals surface area contributed by atoms with Gasteiger partial charge in [0.2, 0.25) is 0 Å². The molecule has 0 bridgehead atoms. The molecule has 3 heteroatoms. The first-order chi connectivity index (χ1) is 5.15. The summed E-state index contributed by atoms with van der Waals surface area (Å²) >= 11 is 0. The number of ketones is 1. The summed E-state index contributed by atoms with van der Waals surface area (Å²) in [4.78, 5) is 11.2. The number of hydrogen-bond acceptors (Lipinski definition) is 2. The topological polar surface area (TPSA) is 34.1 Å². The Morgan fingerprint density at radius 2 is 2.45 bits per heavy atom. The van der Waals surface area contributed by atoms with Gasteiger partial charge in [0, 0.05) is 22.9 Å². The van der Waals surface area contributed by atoms with Crippen LogP contribution in [0.2, 0.25) is 0 Å². The average molecular weight is 170 g/mol. The zero-order chi connectivity index (χ0) is 8.06. The zero-order valence-corrected chi connectivity index (χ0v) is 7.24. The summed E-state index contributed by atoms with van der Waals surface area (Å²) in [7, 11) is -1.04. The lowest BCUT2D eigenvalue weighted by Gasteiger charge is -2.52. The van der Waals surface area contributed by atoms with Gasteiger partial charge in [0.1, 0.15) is 0 Å². The molecule has 2 rings (SSSR count). The minimum absolute atomic E-state index is 0.254. The van der Waals surface area contributed by atoms with E-state index in [4.69, 9.17) is 0 Å². The lowest BCUT2D eigenvalue weighted by atomic mass is 9.48. The maximum absolute atomic E-state index is 11.2. The van der Waals surface area contributed by atoms with Gasteiger partial charge in [0.25, 0.3) is 0 Å². The summed E-state index contributed by atoms with van der Waals surface area (Å²) in [5.74, 6) is 0.739. The highest BCUT2D eigenvalue weighted by atomic mass is 32.2. The van der Waals surface area contributed by atoms with Crippen LogP contribution in [0.25, 0.3) is 0 Å². The molecule has 2 fully saturated rings. The molecule has 2 nitrogen and oxygen atoms in total. The molecule has 0 spiro atoms. The second kappa shape index (κ2) is 1.99. The van der Waals surface area contributed by atoms with E-state index < -0.39 is 10.2 Å². The second-order valence-electron chi connectivity index (χ2n) is 3.39. The van der Waals surface area contributed by atoms with Crippen LogP contribution < -0.4 is 0 Å². The van der Waals surface area contributed by atoms with Gasteiger partial charge in [0.15, 0.2) is 5.78 Å². The third-order valence-corrected chi connectivity index (χ3v) is 3.49. The Hall–Kier alpha value is -0.530. The van der Waals surface area contributed by atoms with Crippen LogP contribution in [0, 0.1) is 16.5 Å². The number of hydrogen-bond donors (Lipinski definition) is 0. The van der Waals surface area contributed by atoms with Crippen LogP contribution in [-0.4, -0.2) is 16.2 Å². The van der Waals surface area contributed by atoms with Crippen molar-refractivity contribution >= 4 is 16.0 Å². The number of carbonyl (C=O) groups is 1. The van der Waals surface area contributed by atoms with E-state index in [1.54, 1.807) is 6.26 Å². The monoisotopic (exact) mass is 170 g/mol. The van der Waals surface area contributed by atoms with E-state index in [1.807, 2.05) is 0 Å². The molecule has 2 atom stereocenters. The summed E-state index contributed by atoms with van der Waals surface area (Å²) in [5, 5.41) is 2.86. The van der Waals surface area contributed by atoms with Crippen molar-refractivity contribution in [3.63, 3.8) is 0 Å². The van der Waals surface area contributed by atoms with Crippen molar-refractivity contribution in [3.8, 4) is 5.18 Å². The van der Waals surface area contributed by atoms with Crippen LogP contribution >= 0.6 is 0 Å². The molecular formula is C8H10O2S. The fourth-order valence-corrected chi connectivity index (χ4v) is 2.90. The van der Waals surface area contributed by atoms with E-state index in [0.717, 1.165) is 12.8 Å². The molecule has 0 N–H and O–H groups in total. The van der Waals surface area contributed by atoms with Gasteiger partial charge in [-0.1, -0.05) is 0 Å². The predicted octanol–water partition coefficient (Wildman–Crippen LogP) is 0.693. The van der Waals surface area contributed by atoms with E-state index in [0.29, 0.717) is 12.3 Å². The predicted molar refractivity (Wildman–Crippen MR) is 42.7 cm³/mol. The molecule has 0 aliphatic heterocycles. The number of rotatable bonds is 0. The average Bonchev–Trinajstić information content (AvgIpc) is 1.93. The van der Waals surface area contributed by atoms with E-state index in [-0.39, 0.29) is 11.2 Å². The van der Waals surface area contributed by atoms with Crippen LogP contribution in [0.15, 0.2) is 0 Å². The minimum Gasteiger partial charge on any atom is -0.298 e. The molecular weight excluding hydrogens is 160 g/mol. The lowest BCUT2D eigenvalue weighted by molar-refractivity contribution is -0.150. The third-order valence-electron chi connectivity index (χ3n) is 2.84. The lowest BCUT2D eigenvalue weighted by Crippen LogP contribution is -2.56. The minimum atomic E-state index is -1.04. The van der Waals surface area contributed by atoms with E-state index in [1.165, 1.54) is 0 Å². The normalized spacial score (nSPS) is 39.7. The Bertz CT molecular complexity index is 349. The second-order valence-corrected chi connectivity index (χ2v) is 4.50. The first-order valence-electron chi connectivity index (χ1n) is 3.80. The highest BCUT2D eigenvalue weighted by Crippen LogP contribution is 2.57. The van der Waals surface area contributed by atoms with Crippen LogP contribution in [0.3, 0.4) is 0 Å². The highest BCUT2D eigenvalue weighted by molar-refractivity contribution is 7.73. The summed E-state index contributed by atoms with van der Waals surface area (Å²) in [6.07, 6.45) is 4.28. The van der Waals surface area contributed by atoms with Crippen LogP contribution in [-0.2, 0) is 15.0 Å². The highest BCUT2D eigenvalue weighted by Gasteiger charge is 2.60. The molecule has 0 heterocycles. The van der Waals surface area contributed by atoms with E-state index in [2.05, 4.69) is 5.18 Å². The van der Waals surface area contributed by atoms with Crippen LogP contribution in [0.1, 0.15) is 19.3 Å². The zero-order valence-electron chi connectivity index (χ0n) is 6.42. The van der Waals surface area contributed by atoms with E-state index in [9.17, 15) is 9.00 Å². The Kier molecular flexibility index (Phi) is 1.29. The van der Waals surface area contributed by atoms with Crippen molar-refractivity contribution in [3.05, 3.63) is 0 Å². The SMILES string of the molecule is CS(=O)#CC12CCC1CC2=O. The van der Waals surface area contributed by atoms with Gasteiger partial charge in [-0.15, -0.1) is 0 Å². The maximum Gasteiger partial charge on any atom is 0.151 e. The van der Waals surface area contributed by atoms with Gasteiger partial charge >= 0.3 is 0 Å². The molecule has 0 radical (unpaired) electrons. The fraction of sp³-hybridized carbons (Fsp3) is 0.750. The summed E-state index contributed by atoms with van der Waals surface area (Å²) in [5.41, 5.74) is -0.348. The van der Waals surface area contributed by atoms with E-state index >= 15 is 0 Å². The Morgan fingerprint density at radius 1 is 1.73 bits per heavy atom. The standard InChI is InChI=1S/C8H10O2S/c1-11(10)5-8-3-2-6(8)4-7(8)9/h6H,2-4H2,1H3. The van der Waals surface area contributed by atoms with Gasteiger partial charge in [-0.05, 0) is 23.9 Å². The Labute approximate surface area is 67.7 Å². The molecule has 0 saturated heterocycles. The smallest absolute Gasteiger partial charge is 0.151 e. The number of Topliss-reactive ketones (excluding diaryl/α,β-unsaturated/α-hetero) is 1. The summed E-state index contributed by atoms with van der Waals surface area (Å²) in [6.45, 7) is 0. The van der Waals surface area contributed by atoms with Crippen molar-refractivity contribution in [2.24, 2.45) is 11.3 Å². The van der Waals surface area contributed by atoms with Crippen LogP contribution in [0.5, 0.6) is 0 Å². The first kappa shape index (κ1) is 7.14. The largest absolute Gasteiger partial charge is 0.298 e. The molecule has 60 valence electrons. The van der Waals surface area contributed by atoms with Gasteiger partial charge in [0.05, 0.1) is 5.41 Å². The molecule has 11 heavy (non-hydrogen) atoms. The molecule has 0 amide bonds. The van der Waals surface area contributed by atoms with Gasteiger partial charge in [-0.25, -0.2) is 4.21 Å². The maximum atomic E-state index is 11.2. The van der Waals surface area contributed by atoms with Crippen LogP contribution in [0.4, 0.5) is 0 Å². The van der Waals surface area contributed by atoms with Crippen molar-refractivity contribution in [1.82, 2.24) is 0 Å². The Balaban J connectivity index is 2.36. The van der Waals surface area contributed by atoms with Crippen molar-refractivity contribution in [2.45, 2.75) is 19.3 Å². The first-order valence-corrected chi connectivity index (χ1v) is 5.35. The summed E-state index contributed by atoms with van der Waals surface area (Å²) < 4.78 is 10.8. The third kappa shape index (κ3) is 0.754. The molecule has 2 aliphatic rings. The van der Waals surface area contributed by atoms with Gasteiger partial charge in [-0.3, -0.25) is 4.79 Å². The van der Waals surface area contributed by atoms with Crippen molar-refractivity contribution in [1.29, 1.82) is 0 Å². The van der Waals surface area contributed by atoms with Crippen molar-refractivity contribution < 1.29 is 9.00 Å². The molecule has 2 saturated carbocycles. The quantitative estimate of drug-likeness (QED) is 0.536. The number of fused-ring (bicyclic) bond motifs is 1. The molecule has 0 aromatic rings. The fourth-order valence-electron chi connectivity index (χ4n) is 2.00. The summed E-state index contributed by atoms with van der Waals surface area (Å²) in [6, 6.07) is 0. The van der Waals surface area contributed by atoms with Gasteiger partial charge in [-0.2, -0.15) is 0 Å². The number of carbonyl (C=O) groups excluding carboxylic acids is 1. The molecule has 0 aromatic carbocycles. The molecule has 0 aromatic heterocycles.